The molecule has 0 fully saturated rings. The van der Waals surface area contributed by atoms with Crippen molar-refractivity contribution >= 4 is 33.4 Å². The molecular weight excluding hydrogens is 442 g/mol. The molecule has 1 unspecified atom stereocenters. The molecule has 1 atom stereocenters. The Labute approximate surface area is 187 Å². The minimum absolute atomic E-state index is 0.0248. The normalized spacial score (nSPS) is 12.8. The van der Waals surface area contributed by atoms with Gasteiger partial charge in [-0.05, 0) is 72.0 Å². The highest BCUT2D eigenvalue weighted by molar-refractivity contribution is 9.10. The summed E-state index contributed by atoms with van der Waals surface area (Å²) in [6.07, 6.45) is 4.46. The van der Waals surface area contributed by atoms with Gasteiger partial charge in [0.15, 0.2) is 0 Å². The number of hydrogen-bond donors (Lipinski definition) is 1. The van der Waals surface area contributed by atoms with Crippen molar-refractivity contribution in [2.24, 2.45) is 0 Å². The summed E-state index contributed by atoms with van der Waals surface area (Å²) in [5.74, 6) is -0.662. The van der Waals surface area contributed by atoms with Crippen LogP contribution in [0.1, 0.15) is 58.7 Å². The fourth-order valence-corrected chi connectivity index (χ4v) is 3.44. The second-order valence-corrected chi connectivity index (χ2v) is 10.2. The Morgan fingerprint density at radius 1 is 1.10 bits per heavy atom. The van der Waals surface area contributed by atoms with Crippen LogP contribution in [-0.2, 0) is 15.0 Å². The van der Waals surface area contributed by atoms with Gasteiger partial charge in [-0.3, -0.25) is 19.5 Å². The topological polar surface area (TPSA) is 62.3 Å². The quantitative estimate of drug-likeness (QED) is 0.600. The van der Waals surface area contributed by atoms with Gasteiger partial charge in [-0.2, -0.15) is 0 Å². The van der Waals surface area contributed by atoms with Crippen LogP contribution in [0.25, 0.3) is 0 Å². The van der Waals surface area contributed by atoms with E-state index in [1.807, 2.05) is 45.0 Å². The third-order valence-electron chi connectivity index (χ3n) is 4.47. The second-order valence-electron chi connectivity index (χ2n) is 9.29. The number of aromatic nitrogens is 1. The van der Waals surface area contributed by atoms with Crippen LogP contribution in [0, 0.1) is 0 Å². The molecule has 6 heteroatoms. The fourth-order valence-electron chi connectivity index (χ4n) is 3.06. The molecule has 2 aromatic rings. The summed E-state index contributed by atoms with van der Waals surface area (Å²) in [5.41, 5.74) is 1.86. The van der Waals surface area contributed by atoms with Crippen molar-refractivity contribution < 1.29 is 9.59 Å². The molecule has 0 bridgehead atoms. The van der Waals surface area contributed by atoms with E-state index in [1.165, 1.54) is 11.0 Å². The molecule has 0 aliphatic carbocycles. The zero-order chi connectivity index (χ0) is 22.7. The van der Waals surface area contributed by atoms with Gasteiger partial charge in [-0.1, -0.05) is 39.5 Å². The van der Waals surface area contributed by atoms with Crippen molar-refractivity contribution in [3.05, 3.63) is 71.0 Å². The minimum Gasteiger partial charge on any atom is -0.349 e. The number of benzene rings is 1. The van der Waals surface area contributed by atoms with Crippen LogP contribution in [0.15, 0.2) is 59.9 Å². The third kappa shape index (κ3) is 6.02. The van der Waals surface area contributed by atoms with Crippen molar-refractivity contribution in [1.29, 1.82) is 0 Å². The van der Waals surface area contributed by atoms with E-state index >= 15 is 0 Å². The zero-order valence-corrected chi connectivity index (χ0v) is 20.1. The first-order valence-corrected chi connectivity index (χ1v) is 10.6. The molecule has 0 aliphatic heterocycles. The smallest absolute Gasteiger partial charge is 0.251 e. The first-order chi connectivity index (χ1) is 13.8. The predicted octanol–water partition coefficient (Wildman–Crippen LogP) is 5.32. The van der Waals surface area contributed by atoms with Gasteiger partial charge in [-0.25, -0.2) is 0 Å². The molecule has 0 saturated carbocycles. The largest absolute Gasteiger partial charge is 0.349 e. The number of pyridine rings is 1. The summed E-state index contributed by atoms with van der Waals surface area (Å²) in [7, 11) is 0. The Hall–Kier alpha value is -2.47. The van der Waals surface area contributed by atoms with E-state index in [-0.39, 0.29) is 17.2 Å². The van der Waals surface area contributed by atoms with Gasteiger partial charge < -0.3 is 5.32 Å². The summed E-state index contributed by atoms with van der Waals surface area (Å²) in [6.45, 7) is 15.7. The van der Waals surface area contributed by atoms with E-state index in [1.54, 1.807) is 18.5 Å². The fraction of sp³-hybridized carbons (Fsp3) is 0.375. The van der Waals surface area contributed by atoms with Crippen LogP contribution in [0.3, 0.4) is 0 Å². The van der Waals surface area contributed by atoms with Crippen molar-refractivity contribution in [3.8, 4) is 0 Å². The van der Waals surface area contributed by atoms with Gasteiger partial charge in [0, 0.05) is 33.7 Å². The first kappa shape index (κ1) is 23.8. The number of carbonyl (C=O) groups excluding carboxylic acids is 2. The minimum atomic E-state index is -0.903. The SMILES string of the molecule is C=CC(=O)N(c1ccc(C(C)(C)C)cc1)C(C(=O)NC(C)(C)C)c1cncc(Br)c1. The number of halogens is 1. The van der Waals surface area contributed by atoms with Crippen LogP contribution in [-0.4, -0.2) is 22.3 Å². The second kappa shape index (κ2) is 9.13. The molecule has 1 aromatic carbocycles. The average Bonchev–Trinajstić information content (AvgIpc) is 2.63. The molecule has 0 spiro atoms. The van der Waals surface area contributed by atoms with Crippen molar-refractivity contribution in [2.75, 3.05) is 4.90 Å². The molecule has 2 amide bonds. The van der Waals surface area contributed by atoms with E-state index in [0.717, 1.165) is 10.0 Å². The molecule has 1 aromatic heterocycles. The van der Waals surface area contributed by atoms with Gasteiger partial charge in [-0.15, -0.1) is 0 Å². The molecule has 2 rings (SSSR count). The van der Waals surface area contributed by atoms with E-state index in [9.17, 15) is 9.59 Å². The predicted molar refractivity (Wildman–Crippen MR) is 125 cm³/mol. The lowest BCUT2D eigenvalue weighted by atomic mass is 9.87. The summed E-state index contributed by atoms with van der Waals surface area (Å²) >= 11 is 3.41. The lowest BCUT2D eigenvalue weighted by molar-refractivity contribution is -0.126. The van der Waals surface area contributed by atoms with E-state index in [0.29, 0.717) is 11.3 Å². The van der Waals surface area contributed by atoms with Crippen molar-refractivity contribution in [2.45, 2.75) is 58.5 Å². The molecule has 5 nitrogen and oxygen atoms in total. The highest BCUT2D eigenvalue weighted by Gasteiger charge is 2.34. The summed E-state index contributed by atoms with van der Waals surface area (Å²) in [4.78, 5) is 32.0. The molecular formula is C24H30BrN3O2. The Morgan fingerprint density at radius 2 is 1.70 bits per heavy atom. The monoisotopic (exact) mass is 471 g/mol. The Balaban J connectivity index is 2.63. The number of nitrogens with one attached hydrogen (secondary N) is 1. The van der Waals surface area contributed by atoms with Gasteiger partial charge in [0.1, 0.15) is 6.04 Å². The number of anilines is 1. The number of amides is 2. The Bertz CT molecular complexity index is 925. The number of nitrogens with zero attached hydrogens (tertiary/aromatic N) is 2. The average molecular weight is 472 g/mol. The maximum atomic E-state index is 13.3. The lowest BCUT2D eigenvalue weighted by Gasteiger charge is -2.33. The first-order valence-electron chi connectivity index (χ1n) is 9.82. The number of rotatable bonds is 5. The Morgan fingerprint density at radius 3 is 2.17 bits per heavy atom. The lowest BCUT2D eigenvalue weighted by Crippen LogP contribution is -2.49. The Kier molecular flexibility index (Phi) is 7.24. The third-order valence-corrected chi connectivity index (χ3v) is 4.90. The number of hydrogen-bond acceptors (Lipinski definition) is 3. The van der Waals surface area contributed by atoms with Gasteiger partial charge in [0.25, 0.3) is 5.91 Å². The molecule has 160 valence electrons. The van der Waals surface area contributed by atoms with Crippen LogP contribution in [0.5, 0.6) is 0 Å². The van der Waals surface area contributed by atoms with Crippen molar-refractivity contribution in [3.63, 3.8) is 0 Å². The maximum Gasteiger partial charge on any atom is 0.251 e. The highest BCUT2D eigenvalue weighted by atomic mass is 79.9. The van der Waals surface area contributed by atoms with Crippen LogP contribution < -0.4 is 10.2 Å². The summed E-state index contributed by atoms with van der Waals surface area (Å²) in [5, 5.41) is 2.99. The summed E-state index contributed by atoms with van der Waals surface area (Å²) < 4.78 is 0.725. The molecule has 0 radical (unpaired) electrons. The van der Waals surface area contributed by atoms with Gasteiger partial charge in [0.2, 0.25) is 5.91 Å². The molecule has 1 N–H and O–H groups in total. The molecule has 0 aliphatic rings. The maximum absolute atomic E-state index is 13.3. The van der Waals surface area contributed by atoms with E-state index in [2.05, 4.69) is 53.6 Å². The highest BCUT2D eigenvalue weighted by Crippen LogP contribution is 2.32. The zero-order valence-electron chi connectivity index (χ0n) is 18.5. The van der Waals surface area contributed by atoms with Crippen LogP contribution >= 0.6 is 15.9 Å². The molecule has 0 saturated heterocycles. The number of carbonyl (C=O) groups is 2. The van der Waals surface area contributed by atoms with Crippen LogP contribution in [0.2, 0.25) is 0 Å². The van der Waals surface area contributed by atoms with Gasteiger partial charge in [0.05, 0.1) is 0 Å². The van der Waals surface area contributed by atoms with E-state index < -0.39 is 11.6 Å². The van der Waals surface area contributed by atoms with E-state index in [4.69, 9.17) is 0 Å². The van der Waals surface area contributed by atoms with Gasteiger partial charge >= 0.3 is 0 Å². The van der Waals surface area contributed by atoms with Crippen molar-refractivity contribution in [1.82, 2.24) is 10.3 Å². The standard InChI is InChI=1S/C24H30BrN3O2/c1-8-20(29)28(19-11-9-17(10-12-19)23(2,3)4)21(22(30)27-24(5,6)7)16-13-18(25)15-26-14-16/h8-15,21H,1H2,2-7H3,(H,27,30). The molecule has 30 heavy (non-hydrogen) atoms. The summed E-state index contributed by atoms with van der Waals surface area (Å²) in [6, 6.07) is 8.59. The molecule has 1 heterocycles. The van der Waals surface area contributed by atoms with Crippen LogP contribution in [0.4, 0.5) is 5.69 Å².